The average Bonchev–Trinajstić information content (AvgIpc) is 1.76. The highest BCUT2D eigenvalue weighted by Gasteiger charge is 2.30. The molecule has 88 heavy (non-hydrogen) atoms. The molecule has 4 aromatic heterocycles. The standard InChI is InChI=1S/C80H49N6OP/c81-50-52-22-30-58(31-23-52)83-73-18-8-4-14-65(73)69-46-54(26-42-77(69)83)56-28-44-79-71(48-56)67-16-6-10-20-75(67)85(79)60-34-38-63(39-35-60)88(87,62-12-2-1-3-13-62)64-40-36-61(37-41-64)86-76-21-11-7-17-68(76)72-49-57(29-45-80(72)86)55-27-43-78-70(47-55)66-15-5-9-19-74(66)84(78)59-32-24-53(51-82)25-33-59/h1-49H. The lowest BCUT2D eigenvalue weighted by molar-refractivity contribution is 0.592. The topological polar surface area (TPSA) is 84.4 Å². The zero-order valence-corrected chi connectivity index (χ0v) is 48.2. The molecule has 17 rings (SSSR count). The van der Waals surface area contributed by atoms with Gasteiger partial charge in [-0.05, 0) is 192 Å². The van der Waals surface area contributed by atoms with E-state index in [0.717, 1.165) is 137 Å². The second-order valence-corrected chi connectivity index (χ2v) is 25.4. The summed E-state index contributed by atoms with van der Waals surface area (Å²) in [6, 6.07) is 108. The van der Waals surface area contributed by atoms with Crippen LogP contribution in [0, 0.1) is 22.7 Å². The first kappa shape index (κ1) is 50.8. The van der Waals surface area contributed by atoms with E-state index < -0.39 is 7.14 Å². The molecule has 0 N–H and O–H groups in total. The van der Waals surface area contributed by atoms with Crippen molar-refractivity contribution in [2.24, 2.45) is 0 Å². The molecule has 0 amide bonds. The molecule has 0 fully saturated rings. The molecule has 0 atom stereocenters. The van der Waals surface area contributed by atoms with Crippen LogP contribution in [0.25, 0.3) is 132 Å². The number of nitriles is 2. The van der Waals surface area contributed by atoms with Crippen LogP contribution < -0.4 is 15.9 Å². The molecule has 7 nitrogen and oxygen atoms in total. The molecule has 0 unspecified atom stereocenters. The second-order valence-electron chi connectivity index (χ2n) is 22.6. The fraction of sp³-hybridized carbons (Fsp3) is 0. The first-order valence-electron chi connectivity index (χ1n) is 29.4. The molecule has 0 bridgehead atoms. The number of fused-ring (bicyclic) bond motifs is 12. The Kier molecular flexibility index (Phi) is 11.5. The van der Waals surface area contributed by atoms with E-state index >= 15 is 4.57 Å². The van der Waals surface area contributed by atoms with Crippen LogP contribution in [0.5, 0.6) is 0 Å². The third-order valence-corrected chi connectivity index (χ3v) is 21.0. The van der Waals surface area contributed by atoms with E-state index in [0.29, 0.717) is 11.1 Å². The van der Waals surface area contributed by atoms with Crippen molar-refractivity contribution in [1.29, 1.82) is 10.5 Å². The Balaban J connectivity index is 0.715. The molecule has 4 heterocycles. The van der Waals surface area contributed by atoms with Crippen molar-refractivity contribution in [3.63, 3.8) is 0 Å². The number of aromatic nitrogens is 4. The van der Waals surface area contributed by atoms with Crippen LogP contribution >= 0.6 is 7.14 Å². The Bertz CT molecular complexity index is 5490. The van der Waals surface area contributed by atoms with E-state index in [4.69, 9.17) is 0 Å². The first-order chi connectivity index (χ1) is 43.4. The number of benzene rings is 13. The summed E-state index contributed by atoms with van der Waals surface area (Å²) in [6.07, 6.45) is 0. The van der Waals surface area contributed by atoms with Gasteiger partial charge in [0.1, 0.15) is 0 Å². The largest absolute Gasteiger partial charge is 0.309 e. The monoisotopic (exact) mass is 1140 g/mol. The predicted octanol–water partition coefficient (Wildman–Crippen LogP) is 18.8. The van der Waals surface area contributed by atoms with E-state index in [2.05, 4.69) is 249 Å². The Morgan fingerprint density at radius 1 is 0.239 bits per heavy atom. The molecule has 0 saturated heterocycles. The van der Waals surface area contributed by atoms with Crippen molar-refractivity contribution in [3.05, 3.63) is 308 Å². The third-order valence-electron chi connectivity index (χ3n) is 17.9. The highest BCUT2D eigenvalue weighted by molar-refractivity contribution is 7.85. The van der Waals surface area contributed by atoms with Crippen LogP contribution in [-0.4, -0.2) is 18.3 Å². The Labute approximate surface area is 506 Å². The first-order valence-corrected chi connectivity index (χ1v) is 31.1. The molecule has 410 valence electrons. The molecule has 17 aromatic rings. The summed E-state index contributed by atoms with van der Waals surface area (Å²) in [6.45, 7) is 0. The Morgan fingerprint density at radius 2 is 0.477 bits per heavy atom. The van der Waals surface area contributed by atoms with Gasteiger partial charge in [-0.2, -0.15) is 10.5 Å². The molecular formula is C80H49N6OP. The van der Waals surface area contributed by atoms with Crippen LogP contribution in [0.3, 0.4) is 0 Å². The summed E-state index contributed by atoms with van der Waals surface area (Å²) in [5, 5.41) is 30.6. The lowest BCUT2D eigenvalue weighted by Crippen LogP contribution is -2.25. The van der Waals surface area contributed by atoms with Gasteiger partial charge in [0.15, 0.2) is 7.14 Å². The molecule has 0 aliphatic rings. The summed E-state index contributed by atoms with van der Waals surface area (Å²) >= 11 is 0. The number of para-hydroxylation sites is 4. The van der Waals surface area contributed by atoms with E-state index in [1.54, 1.807) is 0 Å². The summed E-state index contributed by atoms with van der Waals surface area (Å²) in [5.41, 5.74) is 18.6. The van der Waals surface area contributed by atoms with Crippen LogP contribution in [-0.2, 0) is 4.57 Å². The van der Waals surface area contributed by atoms with E-state index in [1.165, 1.54) is 10.8 Å². The number of nitrogens with zero attached hydrogens (tertiary/aromatic N) is 6. The van der Waals surface area contributed by atoms with Gasteiger partial charge in [-0.1, -0.05) is 127 Å². The summed E-state index contributed by atoms with van der Waals surface area (Å²) < 4.78 is 25.5. The number of hydrogen-bond acceptors (Lipinski definition) is 3. The van der Waals surface area contributed by atoms with Crippen LogP contribution in [0.4, 0.5) is 0 Å². The highest BCUT2D eigenvalue weighted by atomic mass is 31.2. The summed E-state index contributed by atoms with van der Waals surface area (Å²) in [5.74, 6) is 0. The van der Waals surface area contributed by atoms with Crippen LogP contribution in [0.1, 0.15) is 11.1 Å². The normalized spacial score (nSPS) is 11.9. The van der Waals surface area contributed by atoms with Gasteiger partial charge in [-0.25, -0.2) is 0 Å². The Morgan fingerprint density at radius 3 is 0.761 bits per heavy atom. The number of rotatable bonds is 9. The Hall–Kier alpha value is -11.7. The molecular weight excluding hydrogens is 1090 g/mol. The fourth-order valence-electron chi connectivity index (χ4n) is 13.8. The zero-order valence-electron chi connectivity index (χ0n) is 47.3. The molecule has 0 saturated carbocycles. The maximum atomic E-state index is 16.3. The molecule has 8 heteroatoms. The minimum atomic E-state index is -3.39. The van der Waals surface area contributed by atoms with Crippen molar-refractivity contribution >= 4 is 110 Å². The minimum absolute atomic E-state index is 0.636. The van der Waals surface area contributed by atoms with Gasteiger partial charge in [0.2, 0.25) is 0 Å². The lowest BCUT2D eigenvalue weighted by Gasteiger charge is -2.21. The predicted molar refractivity (Wildman–Crippen MR) is 363 cm³/mol. The van der Waals surface area contributed by atoms with Crippen molar-refractivity contribution in [3.8, 4) is 57.1 Å². The zero-order chi connectivity index (χ0) is 58.6. The quantitative estimate of drug-likeness (QED) is 0.135. The van der Waals surface area contributed by atoms with Crippen molar-refractivity contribution in [2.45, 2.75) is 0 Å². The van der Waals surface area contributed by atoms with Gasteiger partial charge in [0.25, 0.3) is 0 Å². The van der Waals surface area contributed by atoms with Gasteiger partial charge in [0, 0.05) is 81.8 Å². The smallest absolute Gasteiger partial charge is 0.171 e. The van der Waals surface area contributed by atoms with Gasteiger partial charge >= 0.3 is 0 Å². The van der Waals surface area contributed by atoms with Crippen molar-refractivity contribution in [1.82, 2.24) is 18.3 Å². The fourth-order valence-corrected chi connectivity index (χ4v) is 16.4. The molecule has 0 spiro atoms. The third kappa shape index (κ3) is 7.79. The van der Waals surface area contributed by atoms with Crippen molar-refractivity contribution < 1.29 is 4.57 Å². The molecule has 0 radical (unpaired) electrons. The van der Waals surface area contributed by atoms with Gasteiger partial charge in [-0.3, -0.25) is 0 Å². The van der Waals surface area contributed by atoms with Gasteiger partial charge < -0.3 is 22.8 Å². The molecule has 13 aromatic carbocycles. The maximum Gasteiger partial charge on any atom is 0.171 e. The highest BCUT2D eigenvalue weighted by Crippen LogP contribution is 2.45. The van der Waals surface area contributed by atoms with E-state index in [9.17, 15) is 10.5 Å². The van der Waals surface area contributed by atoms with E-state index in [-0.39, 0.29) is 0 Å². The SMILES string of the molecule is N#Cc1ccc(-n2c3ccccc3c3cc(-c4ccc5c(c4)c4ccccc4n5-c4ccc(P(=O)(c5ccccc5)c5ccc(-n6c7ccccc7c7cc(-c8ccc9c(c8)c8ccccc8n9-c8ccc(C#N)cc8)ccc76)cc5)cc4)ccc32)cc1. The summed E-state index contributed by atoms with van der Waals surface area (Å²) in [7, 11) is -3.39. The number of hydrogen-bond donors (Lipinski definition) is 0. The lowest BCUT2D eigenvalue weighted by atomic mass is 10.0. The van der Waals surface area contributed by atoms with Crippen LogP contribution in [0.2, 0.25) is 0 Å². The maximum absolute atomic E-state index is 16.3. The second kappa shape index (κ2) is 19.9. The molecule has 0 aliphatic heterocycles. The summed E-state index contributed by atoms with van der Waals surface area (Å²) in [4.78, 5) is 0. The minimum Gasteiger partial charge on any atom is -0.309 e. The van der Waals surface area contributed by atoms with Crippen LogP contribution in [0.15, 0.2) is 297 Å². The van der Waals surface area contributed by atoms with Crippen molar-refractivity contribution in [2.75, 3.05) is 0 Å². The van der Waals surface area contributed by atoms with Gasteiger partial charge in [-0.15, -0.1) is 0 Å². The molecule has 0 aliphatic carbocycles. The van der Waals surface area contributed by atoms with E-state index in [1.807, 2.05) is 78.9 Å². The van der Waals surface area contributed by atoms with Gasteiger partial charge in [0.05, 0.1) is 67.4 Å². The average molecular weight is 1140 g/mol.